The molecule has 4 aromatic rings. The highest BCUT2D eigenvalue weighted by atomic mass is 32.2. The molecule has 0 aliphatic carbocycles. The van der Waals surface area contributed by atoms with Crippen LogP contribution in [0, 0.1) is 0 Å². The van der Waals surface area contributed by atoms with Crippen LogP contribution in [0.1, 0.15) is 0 Å². The van der Waals surface area contributed by atoms with Gasteiger partial charge in [0.05, 0.1) is 24.4 Å². The predicted octanol–water partition coefficient (Wildman–Crippen LogP) is 3.86. The van der Waals surface area contributed by atoms with Crippen LogP contribution in [0.5, 0.6) is 0 Å². The molecule has 1 fully saturated rings. The summed E-state index contributed by atoms with van der Waals surface area (Å²) in [5.74, 6) is 0.933. The summed E-state index contributed by atoms with van der Waals surface area (Å²) < 4.78 is 20.5. The lowest BCUT2D eigenvalue weighted by molar-refractivity contribution is 0.122. The van der Waals surface area contributed by atoms with E-state index in [2.05, 4.69) is 14.9 Å². The van der Waals surface area contributed by atoms with Crippen LogP contribution < -0.4 is 4.90 Å². The second-order valence-electron chi connectivity index (χ2n) is 6.33. The number of fused-ring (bicyclic) bond motifs is 3. The van der Waals surface area contributed by atoms with Crippen molar-refractivity contribution in [1.29, 1.82) is 0 Å². The molecule has 1 aliphatic heterocycles. The van der Waals surface area contributed by atoms with Crippen molar-refractivity contribution in [2.45, 2.75) is 0 Å². The standard InChI is InChI=1S/C19H16FN5OS/c20-27-25-17-5-6-21-12-15(17)14-2-3-16(23-19(14)25)13-1-4-18(22-11-13)24-7-9-26-10-8-24/h1-6,11-12H,7-10H2. The summed E-state index contributed by atoms with van der Waals surface area (Å²) in [6.07, 6.45) is 5.21. The summed E-state index contributed by atoms with van der Waals surface area (Å²) >= 11 is 0.152. The van der Waals surface area contributed by atoms with Crippen molar-refractivity contribution < 1.29 is 8.62 Å². The molecule has 0 saturated carbocycles. The zero-order chi connectivity index (χ0) is 18.2. The smallest absolute Gasteiger partial charge is 0.171 e. The number of hydrogen-bond donors (Lipinski definition) is 0. The molecular weight excluding hydrogens is 365 g/mol. The van der Waals surface area contributed by atoms with Crippen molar-refractivity contribution in [2.24, 2.45) is 0 Å². The Kier molecular flexibility index (Phi) is 4.14. The van der Waals surface area contributed by atoms with Crippen molar-refractivity contribution in [3.05, 3.63) is 48.9 Å². The summed E-state index contributed by atoms with van der Waals surface area (Å²) in [6.45, 7) is 3.14. The van der Waals surface area contributed by atoms with Gasteiger partial charge in [-0.1, -0.05) is 0 Å². The van der Waals surface area contributed by atoms with Crippen molar-refractivity contribution in [2.75, 3.05) is 31.2 Å². The highest BCUT2D eigenvalue weighted by Crippen LogP contribution is 2.33. The molecule has 1 saturated heterocycles. The molecule has 5 heterocycles. The van der Waals surface area contributed by atoms with E-state index in [4.69, 9.17) is 9.72 Å². The Hall–Kier alpha value is -2.71. The first kappa shape index (κ1) is 16.5. The van der Waals surface area contributed by atoms with Crippen LogP contribution in [0.4, 0.5) is 9.70 Å². The third-order valence-electron chi connectivity index (χ3n) is 4.82. The molecule has 0 amide bonds. The third kappa shape index (κ3) is 2.81. The van der Waals surface area contributed by atoms with Crippen molar-refractivity contribution in [3.8, 4) is 11.3 Å². The highest BCUT2D eigenvalue weighted by molar-refractivity contribution is 7.93. The van der Waals surface area contributed by atoms with Crippen LogP contribution in [-0.2, 0) is 4.74 Å². The lowest BCUT2D eigenvalue weighted by atomic mass is 10.1. The monoisotopic (exact) mass is 381 g/mol. The van der Waals surface area contributed by atoms with E-state index in [9.17, 15) is 3.89 Å². The second-order valence-corrected chi connectivity index (χ2v) is 6.83. The number of halogens is 1. The van der Waals surface area contributed by atoms with Crippen molar-refractivity contribution >= 4 is 40.1 Å². The number of nitrogens with zero attached hydrogens (tertiary/aromatic N) is 5. The molecule has 0 N–H and O–H groups in total. The maximum absolute atomic E-state index is 13.6. The largest absolute Gasteiger partial charge is 0.378 e. The molecule has 0 aromatic carbocycles. The Labute approximate surface area is 159 Å². The molecule has 1 aliphatic rings. The van der Waals surface area contributed by atoms with Gasteiger partial charge >= 0.3 is 0 Å². The summed E-state index contributed by atoms with van der Waals surface area (Å²) in [5, 5.41) is 1.77. The summed E-state index contributed by atoms with van der Waals surface area (Å²) in [6, 6.07) is 9.69. The summed E-state index contributed by atoms with van der Waals surface area (Å²) in [5.41, 5.74) is 3.00. The van der Waals surface area contributed by atoms with E-state index in [0.717, 1.165) is 59.7 Å². The fourth-order valence-electron chi connectivity index (χ4n) is 3.45. The highest BCUT2D eigenvalue weighted by Gasteiger charge is 2.15. The van der Waals surface area contributed by atoms with E-state index in [-0.39, 0.29) is 12.3 Å². The number of pyridine rings is 3. The van der Waals surface area contributed by atoms with Gasteiger partial charge in [-0.05, 0) is 30.3 Å². The Morgan fingerprint density at radius 3 is 2.67 bits per heavy atom. The molecular formula is C19H16FN5OS. The van der Waals surface area contributed by atoms with Crippen LogP contribution in [-0.4, -0.2) is 45.2 Å². The van der Waals surface area contributed by atoms with Gasteiger partial charge in [-0.25, -0.2) is 13.9 Å². The fourth-order valence-corrected chi connectivity index (χ4v) is 3.89. The van der Waals surface area contributed by atoms with Crippen molar-refractivity contribution in [1.82, 2.24) is 18.9 Å². The Bertz CT molecular complexity index is 1110. The average molecular weight is 381 g/mol. The van der Waals surface area contributed by atoms with Gasteiger partial charge in [0.1, 0.15) is 5.82 Å². The quantitative estimate of drug-likeness (QED) is 0.537. The minimum Gasteiger partial charge on any atom is -0.378 e. The van der Waals surface area contributed by atoms with E-state index >= 15 is 0 Å². The normalized spacial score (nSPS) is 14.9. The molecule has 4 aromatic heterocycles. The van der Waals surface area contributed by atoms with Gasteiger partial charge in [-0.3, -0.25) is 4.98 Å². The Morgan fingerprint density at radius 2 is 1.89 bits per heavy atom. The van der Waals surface area contributed by atoms with Gasteiger partial charge in [-0.15, -0.1) is 3.89 Å². The molecule has 0 radical (unpaired) electrons. The Morgan fingerprint density at radius 1 is 1.00 bits per heavy atom. The first-order chi connectivity index (χ1) is 13.3. The minimum absolute atomic E-state index is 0.152. The summed E-state index contributed by atoms with van der Waals surface area (Å²) in [4.78, 5) is 15.6. The third-order valence-corrected chi connectivity index (χ3v) is 5.33. The molecule has 0 bridgehead atoms. The lowest BCUT2D eigenvalue weighted by Crippen LogP contribution is -2.36. The van der Waals surface area contributed by atoms with Crippen LogP contribution in [0.3, 0.4) is 0 Å². The fraction of sp³-hybridized carbons (Fsp3) is 0.211. The maximum atomic E-state index is 13.6. The number of rotatable bonds is 3. The second kappa shape index (κ2) is 6.79. The molecule has 136 valence electrons. The van der Waals surface area contributed by atoms with Crippen LogP contribution in [0.25, 0.3) is 33.2 Å². The maximum Gasteiger partial charge on any atom is 0.171 e. The van der Waals surface area contributed by atoms with Gasteiger partial charge in [0.2, 0.25) is 0 Å². The molecule has 27 heavy (non-hydrogen) atoms. The molecule has 0 spiro atoms. The van der Waals surface area contributed by atoms with Gasteiger partial charge < -0.3 is 9.64 Å². The van der Waals surface area contributed by atoms with E-state index in [1.165, 1.54) is 3.97 Å². The lowest BCUT2D eigenvalue weighted by Gasteiger charge is -2.27. The molecule has 6 nitrogen and oxygen atoms in total. The first-order valence-corrected chi connectivity index (χ1v) is 9.36. The van der Waals surface area contributed by atoms with Gasteiger partial charge in [-0.2, -0.15) is 0 Å². The topological polar surface area (TPSA) is 56.1 Å². The predicted molar refractivity (Wildman–Crippen MR) is 105 cm³/mol. The van der Waals surface area contributed by atoms with E-state index < -0.39 is 0 Å². The number of morpholine rings is 1. The van der Waals surface area contributed by atoms with E-state index in [1.54, 1.807) is 18.5 Å². The molecule has 8 heteroatoms. The molecule has 5 rings (SSSR count). The SMILES string of the molecule is FSn1c2ccncc2c2ccc(-c3ccc(N4CCOCC4)nc3)nc21. The van der Waals surface area contributed by atoms with Gasteiger partial charge in [0, 0.05) is 48.0 Å². The van der Waals surface area contributed by atoms with Gasteiger partial charge in [0.15, 0.2) is 18.0 Å². The van der Waals surface area contributed by atoms with Crippen LogP contribution in [0.2, 0.25) is 0 Å². The van der Waals surface area contributed by atoms with Crippen LogP contribution >= 0.6 is 12.3 Å². The average Bonchev–Trinajstić information content (AvgIpc) is 3.07. The number of ether oxygens (including phenoxy) is 1. The van der Waals surface area contributed by atoms with E-state index in [1.807, 2.05) is 30.5 Å². The zero-order valence-corrected chi connectivity index (χ0v) is 15.2. The number of anilines is 1. The zero-order valence-electron chi connectivity index (χ0n) is 14.4. The molecule has 0 unspecified atom stereocenters. The summed E-state index contributed by atoms with van der Waals surface area (Å²) in [7, 11) is 0. The Balaban J connectivity index is 1.56. The minimum atomic E-state index is 0.152. The van der Waals surface area contributed by atoms with Crippen molar-refractivity contribution in [3.63, 3.8) is 0 Å². The molecule has 0 atom stereocenters. The number of aromatic nitrogens is 4. The first-order valence-electron chi connectivity index (χ1n) is 8.68. The van der Waals surface area contributed by atoms with Crippen LogP contribution in [0.15, 0.2) is 48.9 Å². The number of hydrogen-bond acceptors (Lipinski definition) is 6. The van der Waals surface area contributed by atoms with E-state index in [0.29, 0.717) is 5.65 Å². The van der Waals surface area contributed by atoms with Gasteiger partial charge in [0.25, 0.3) is 0 Å².